The maximum atomic E-state index is 12.3. The van der Waals surface area contributed by atoms with E-state index in [2.05, 4.69) is 6.07 Å². The van der Waals surface area contributed by atoms with Crippen molar-refractivity contribution in [3.05, 3.63) is 82.8 Å². The zero-order chi connectivity index (χ0) is 21.6. The minimum atomic E-state index is -0.337. The highest BCUT2D eigenvalue weighted by Crippen LogP contribution is 2.34. The van der Waals surface area contributed by atoms with Crippen molar-refractivity contribution in [2.24, 2.45) is 0 Å². The quantitative estimate of drug-likeness (QED) is 0.396. The fraction of sp³-hybridized carbons (Fsp3) is 0.370. The summed E-state index contributed by atoms with van der Waals surface area (Å²) in [5, 5.41) is 0. The standard InChI is InChI=1S/C27H30O4/c1-19-8-6-7-11-23(19)25-16-20(12-14-24(25)27(28)29-2)17-30-18-22-13-15-26(31-22)21-9-4-3-5-10-21/h6-8,11-16,21H,3-5,9-10,17-18H2,1-2H3. The Hall–Kier alpha value is -2.85. The summed E-state index contributed by atoms with van der Waals surface area (Å²) in [6, 6.07) is 17.9. The molecule has 1 heterocycles. The first-order valence-electron chi connectivity index (χ1n) is 11.1. The van der Waals surface area contributed by atoms with Crippen LogP contribution in [0.3, 0.4) is 0 Å². The van der Waals surface area contributed by atoms with E-state index in [1.807, 2.05) is 55.5 Å². The van der Waals surface area contributed by atoms with E-state index in [0.717, 1.165) is 33.8 Å². The van der Waals surface area contributed by atoms with Crippen LogP contribution in [0.25, 0.3) is 11.1 Å². The van der Waals surface area contributed by atoms with Gasteiger partial charge in [0.15, 0.2) is 0 Å². The number of carbonyl (C=O) groups excluding carboxylic acids is 1. The van der Waals surface area contributed by atoms with Gasteiger partial charge in [-0.2, -0.15) is 0 Å². The van der Waals surface area contributed by atoms with Crippen LogP contribution in [0.1, 0.15) is 71.0 Å². The Bertz CT molecular complexity index is 1030. The lowest BCUT2D eigenvalue weighted by atomic mass is 9.88. The summed E-state index contributed by atoms with van der Waals surface area (Å²) < 4.78 is 17.0. The number of esters is 1. The van der Waals surface area contributed by atoms with Gasteiger partial charge in [0.2, 0.25) is 0 Å². The van der Waals surface area contributed by atoms with Gasteiger partial charge in [-0.25, -0.2) is 4.79 Å². The molecule has 1 aromatic heterocycles. The molecule has 0 atom stereocenters. The summed E-state index contributed by atoms with van der Waals surface area (Å²) in [5.74, 6) is 2.19. The van der Waals surface area contributed by atoms with Crippen LogP contribution in [0.15, 0.2) is 59.0 Å². The lowest BCUT2D eigenvalue weighted by molar-refractivity contribution is 0.0601. The van der Waals surface area contributed by atoms with Gasteiger partial charge in [-0.1, -0.05) is 49.6 Å². The molecule has 0 saturated heterocycles. The molecule has 0 aliphatic heterocycles. The summed E-state index contributed by atoms with van der Waals surface area (Å²) in [5.41, 5.74) is 4.56. The first kappa shape index (κ1) is 21.4. The Kier molecular flexibility index (Phi) is 6.88. The van der Waals surface area contributed by atoms with Gasteiger partial charge in [0.05, 0.1) is 19.3 Å². The number of methoxy groups -OCH3 is 1. The van der Waals surface area contributed by atoms with Crippen molar-refractivity contribution < 1.29 is 18.7 Å². The third-order valence-electron chi connectivity index (χ3n) is 6.13. The van der Waals surface area contributed by atoms with Crippen molar-refractivity contribution in [1.82, 2.24) is 0 Å². The molecule has 2 aromatic carbocycles. The van der Waals surface area contributed by atoms with E-state index in [-0.39, 0.29) is 5.97 Å². The van der Waals surface area contributed by atoms with Crippen LogP contribution in [0, 0.1) is 6.92 Å². The predicted octanol–water partition coefficient (Wildman–Crippen LogP) is 6.81. The van der Waals surface area contributed by atoms with Gasteiger partial charge in [0, 0.05) is 5.92 Å². The normalized spacial score (nSPS) is 14.5. The van der Waals surface area contributed by atoms with E-state index < -0.39 is 0 Å². The second kappa shape index (κ2) is 9.97. The molecule has 0 radical (unpaired) electrons. The monoisotopic (exact) mass is 418 g/mol. The van der Waals surface area contributed by atoms with Crippen molar-refractivity contribution in [2.75, 3.05) is 7.11 Å². The summed E-state index contributed by atoms with van der Waals surface area (Å²) in [6.07, 6.45) is 6.38. The van der Waals surface area contributed by atoms with Crippen LogP contribution in [0.4, 0.5) is 0 Å². The molecule has 0 N–H and O–H groups in total. The summed E-state index contributed by atoms with van der Waals surface area (Å²) >= 11 is 0. The molecule has 0 unspecified atom stereocenters. The fourth-order valence-electron chi connectivity index (χ4n) is 4.42. The lowest BCUT2D eigenvalue weighted by Gasteiger charge is -2.19. The minimum absolute atomic E-state index is 0.337. The van der Waals surface area contributed by atoms with Gasteiger partial charge < -0.3 is 13.9 Å². The fourth-order valence-corrected chi connectivity index (χ4v) is 4.42. The number of hydrogen-bond acceptors (Lipinski definition) is 4. The van der Waals surface area contributed by atoms with Gasteiger partial charge in [0.1, 0.15) is 18.1 Å². The van der Waals surface area contributed by atoms with Crippen LogP contribution in [0.2, 0.25) is 0 Å². The zero-order valence-corrected chi connectivity index (χ0v) is 18.4. The number of ether oxygens (including phenoxy) is 2. The minimum Gasteiger partial charge on any atom is -0.465 e. The predicted molar refractivity (Wildman–Crippen MR) is 121 cm³/mol. The van der Waals surface area contributed by atoms with E-state index in [9.17, 15) is 4.79 Å². The van der Waals surface area contributed by atoms with Gasteiger partial charge in [-0.05, 0) is 66.3 Å². The zero-order valence-electron chi connectivity index (χ0n) is 18.4. The van der Waals surface area contributed by atoms with Gasteiger partial charge in [0.25, 0.3) is 0 Å². The molecule has 0 bridgehead atoms. The maximum Gasteiger partial charge on any atom is 0.338 e. The van der Waals surface area contributed by atoms with Crippen LogP contribution in [0.5, 0.6) is 0 Å². The Morgan fingerprint density at radius 3 is 2.55 bits per heavy atom. The van der Waals surface area contributed by atoms with Gasteiger partial charge >= 0.3 is 5.97 Å². The number of hydrogen-bond donors (Lipinski definition) is 0. The molecule has 1 aliphatic carbocycles. The van der Waals surface area contributed by atoms with Crippen molar-refractivity contribution in [2.45, 2.75) is 58.2 Å². The third kappa shape index (κ3) is 5.08. The number of benzene rings is 2. The molecule has 3 aromatic rings. The number of carbonyl (C=O) groups is 1. The SMILES string of the molecule is COC(=O)c1ccc(COCc2ccc(C3CCCCC3)o2)cc1-c1ccccc1C. The van der Waals surface area contributed by atoms with Gasteiger partial charge in [-0.15, -0.1) is 0 Å². The first-order valence-corrected chi connectivity index (χ1v) is 11.1. The number of rotatable bonds is 7. The van der Waals surface area contributed by atoms with Crippen LogP contribution >= 0.6 is 0 Å². The molecular formula is C27H30O4. The van der Waals surface area contributed by atoms with E-state index in [4.69, 9.17) is 13.9 Å². The second-order valence-electron chi connectivity index (χ2n) is 8.32. The summed E-state index contributed by atoms with van der Waals surface area (Å²) in [4.78, 5) is 12.3. The van der Waals surface area contributed by atoms with Crippen molar-refractivity contribution in [3.8, 4) is 11.1 Å². The molecule has 0 spiro atoms. The number of furan rings is 1. The largest absolute Gasteiger partial charge is 0.465 e. The van der Waals surface area contributed by atoms with Crippen LogP contribution < -0.4 is 0 Å². The van der Waals surface area contributed by atoms with Crippen molar-refractivity contribution >= 4 is 5.97 Å². The average Bonchev–Trinajstić information content (AvgIpc) is 3.28. The summed E-state index contributed by atoms with van der Waals surface area (Å²) in [7, 11) is 1.41. The molecule has 0 amide bonds. The lowest BCUT2D eigenvalue weighted by Crippen LogP contribution is -2.05. The van der Waals surface area contributed by atoms with Crippen LogP contribution in [-0.2, 0) is 22.7 Å². The van der Waals surface area contributed by atoms with E-state index in [0.29, 0.717) is 24.7 Å². The molecule has 4 heteroatoms. The highest BCUT2D eigenvalue weighted by molar-refractivity contribution is 5.97. The summed E-state index contributed by atoms with van der Waals surface area (Å²) in [6.45, 7) is 2.92. The molecule has 1 aliphatic rings. The van der Waals surface area contributed by atoms with Crippen molar-refractivity contribution in [3.63, 3.8) is 0 Å². The van der Waals surface area contributed by atoms with Gasteiger partial charge in [-0.3, -0.25) is 0 Å². The maximum absolute atomic E-state index is 12.3. The highest BCUT2D eigenvalue weighted by Gasteiger charge is 2.19. The van der Waals surface area contributed by atoms with E-state index in [1.54, 1.807) is 0 Å². The number of aryl methyl sites for hydroxylation is 1. The molecule has 4 rings (SSSR count). The smallest absolute Gasteiger partial charge is 0.338 e. The molecule has 1 saturated carbocycles. The third-order valence-corrected chi connectivity index (χ3v) is 6.13. The Labute approximate surface area is 184 Å². The molecule has 4 nitrogen and oxygen atoms in total. The van der Waals surface area contributed by atoms with Crippen LogP contribution in [-0.4, -0.2) is 13.1 Å². The Balaban J connectivity index is 1.45. The molecule has 1 fully saturated rings. The molecular weight excluding hydrogens is 388 g/mol. The van der Waals surface area contributed by atoms with E-state index in [1.165, 1.54) is 39.2 Å². The van der Waals surface area contributed by atoms with Crippen molar-refractivity contribution in [1.29, 1.82) is 0 Å². The van der Waals surface area contributed by atoms with E-state index >= 15 is 0 Å². The topological polar surface area (TPSA) is 48.7 Å². The average molecular weight is 419 g/mol. The Morgan fingerprint density at radius 1 is 0.968 bits per heavy atom. The molecule has 31 heavy (non-hydrogen) atoms. The second-order valence-corrected chi connectivity index (χ2v) is 8.32. The Morgan fingerprint density at radius 2 is 1.77 bits per heavy atom. The highest BCUT2D eigenvalue weighted by atomic mass is 16.5. The molecule has 162 valence electrons. The first-order chi connectivity index (χ1) is 15.2.